The van der Waals surface area contributed by atoms with Gasteiger partial charge in [-0.2, -0.15) is 4.98 Å². The van der Waals surface area contributed by atoms with Crippen LogP contribution in [0.2, 0.25) is 0 Å². The lowest BCUT2D eigenvalue weighted by molar-refractivity contribution is 0.0683. The van der Waals surface area contributed by atoms with Gasteiger partial charge in [-0.1, -0.05) is 5.16 Å². The van der Waals surface area contributed by atoms with Crippen molar-refractivity contribution in [1.82, 2.24) is 10.1 Å². The van der Waals surface area contributed by atoms with Gasteiger partial charge in [0.1, 0.15) is 6.10 Å². The molecule has 1 aromatic carbocycles. The number of rotatable bonds is 4. The van der Waals surface area contributed by atoms with Gasteiger partial charge in [0.05, 0.1) is 0 Å². The highest BCUT2D eigenvalue weighted by Gasteiger charge is 2.15. The fourth-order valence-corrected chi connectivity index (χ4v) is 1.88. The molecule has 0 aliphatic rings. The van der Waals surface area contributed by atoms with Gasteiger partial charge in [-0.15, -0.1) is 0 Å². The largest absolute Gasteiger partial charge is 0.398 e. The maximum Gasteiger partial charge on any atom is 0.258 e. The van der Waals surface area contributed by atoms with Crippen LogP contribution in [0.4, 0.5) is 5.69 Å². The smallest absolute Gasteiger partial charge is 0.258 e. The third-order valence-electron chi connectivity index (χ3n) is 2.47. The Kier molecular flexibility index (Phi) is 3.98. The van der Waals surface area contributed by atoms with Crippen LogP contribution in [0.25, 0.3) is 11.5 Å². The van der Waals surface area contributed by atoms with Gasteiger partial charge in [-0.25, -0.2) is 0 Å². The lowest BCUT2D eigenvalue weighted by Gasteiger charge is -2.04. The minimum absolute atomic E-state index is 0.176. The van der Waals surface area contributed by atoms with E-state index in [1.807, 2.05) is 26.0 Å². The molecule has 0 saturated heterocycles. The van der Waals surface area contributed by atoms with E-state index < -0.39 is 0 Å². The fraction of sp³-hybridized carbons (Fsp3) is 0.333. The zero-order valence-electron chi connectivity index (χ0n) is 10.2. The first-order valence-electron chi connectivity index (χ1n) is 5.62. The van der Waals surface area contributed by atoms with Crippen molar-refractivity contribution in [1.29, 1.82) is 0 Å². The summed E-state index contributed by atoms with van der Waals surface area (Å²) in [6.07, 6.45) is -0.176. The number of nitrogens with zero attached hydrogens (tertiary/aromatic N) is 2. The lowest BCUT2D eigenvalue weighted by atomic mass is 10.2. The van der Waals surface area contributed by atoms with E-state index in [2.05, 4.69) is 26.1 Å². The molecule has 0 amide bonds. The minimum Gasteiger partial charge on any atom is -0.398 e. The highest BCUT2D eigenvalue weighted by atomic mass is 79.9. The van der Waals surface area contributed by atoms with Crippen LogP contribution in [0.5, 0.6) is 0 Å². The van der Waals surface area contributed by atoms with Crippen LogP contribution in [0, 0.1) is 0 Å². The molecule has 2 rings (SSSR count). The van der Waals surface area contributed by atoms with Crippen LogP contribution in [0.1, 0.15) is 25.8 Å². The number of nitrogen functional groups attached to an aromatic ring is 1. The molecule has 0 saturated carbocycles. The lowest BCUT2D eigenvalue weighted by Crippen LogP contribution is -2.01. The number of hydrogen-bond donors (Lipinski definition) is 1. The molecule has 1 atom stereocenters. The summed E-state index contributed by atoms with van der Waals surface area (Å²) in [4.78, 5) is 4.31. The van der Waals surface area contributed by atoms with Crippen molar-refractivity contribution < 1.29 is 9.26 Å². The van der Waals surface area contributed by atoms with Crippen molar-refractivity contribution in [3.63, 3.8) is 0 Å². The summed E-state index contributed by atoms with van der Waals surface area (Å²) in [5, 5.41) is 3.91. The topological polar surface area (TPSA) is 74.2 Å². The zero-order chi connectivity index (χ0) is 13.1. The van der Waals surface area contributed by atoms with Crippen molar-refractivity contribution in [2.45, 2.75) is 20.0 Å². The maximum absolute atomic E-state index is 5.73. The number of benzene rings is 1. The van der Waals surface area contributed by atoms with Crippen molar-refractivity contribution in [2.24, 2.45) is 0 Å². The Bertz CT molecular complexity index is 542. The van der Waals surface area contributed by atoms with E-state index in [4.69, 9.17) is 15.0 Å². The van der Waals surface area contributed by atoms with E-state index in [0.717, 1.165) is 10.0 Å². The van der Waals surface area contributed by atoms with Crippen LogP contribution in [-0.4, -0.2) is 16.7 Å². The first-order chi connectivity index (χ1) is 8.61. The highest BCUT2D eigenvalue weighted by Crippen LogP contribution is 2.27. The average molecular weight is 312 g/mol. The third-order valence-corrected chi connectivity index (χ3v) is 3.16. The van der Waals surface area contributed by atoms with Gasteiger partial charge in [0.25, 0.3) is 5.89 Å². The number of ether oxygens (including phenoxy) is 1. The summed E-state index contributed by atoms with van der Waals surface area (Å²) in [7, 11) is 0. The Balaban J connectivity index is 2.26. The summed E-state index contributed by atoms with van der Waals surface area (Å²) >= 11 is 3.36. The van der Waals surface area contributed by atoms with Gasteiger partial charge in [0.15, 0.2) is 0 Å². The number of hydrogen-bond acceptors (Lipinski definition) is 5. The van der Waals surface area contributed by atoms with E-state index in [1.54, 1.807) is 6.07 Å². The molecule has 1 unspecified atom stereocenters. The predicted octanol–water partition coefficient (Wildman–Crippen LogP) is 3.18. The molecule has 5 nitrogen and oxygen atoms in total. The first-order valence-corrected chi connectivity index (χ1v) is 6.41. The second-order valence-electron chi connectivity index (χ2n) is 3.79. The molecule has 1 heterocycles. The van der Waals surface area contributed by atoms with E-state index in [0.29, 0.717) is 24.0 Å². The summed E-state index contributed by atoms with van der Waals surface area (Å²) < 4.78 is 11.4. The Morgan fingerprint density at radius 2 is 2.28 bits per heavy atom. The summed E-state index contributed by atoms with van der Waals surface area (Å²) in [6.45, 7) is 4.42. The Labute approximate surface area is 113 Å². The molecule has 96 valence electrons. The van der Waals surface area contributed by atoms with Crippen molar-refractivity contribution >= 4 is 21.6 Å². The van der Waals surface area contributed by atoms with Gasteiger partial charge in [-0.05, 0) is 48.0 Å². The number of anilines is 1. The minimum atomic E-state index is -0.176. The molecule has 0 aliphatic carbocycles. The average Bonchev–Trinajstić information content (AvgIpc) is 2.82. The molecule has 18 heavy (non-hydrogen) atoms. The van der Waals surface area contributed by atoms with Crippen LogP contribution in [0.3, 0.4) is 0 Å². The van der Waals surface area contributed by atoms with Crippen molar-refractivity contribution in [3.8, 4) is 11.5 Å². The second kappa shape index (κ2) is 5.49. The van der Waals surface area contributed by atoms with E-state index >= 15 is 0 Å². The van der Waals surface area contributed by atoms with Crippen molar-refractivity contribution in [2.75, 3.05) is 12.3 Å². The summed E-state index contributed by atoms with van der Waals surface area (Å²) in [5.41, 5.74) is 7.21. The number of nitrogens with two attached hydrogens (primary N) is 1. The van der Waals surface area contributed by atoms with E-state index in [-0.39, 0.29) is 6.10 Å². The molecule has 1 aromatic heterocycles. The van der Waals surface area contributed by atoms with E-state index in [9.17, 15) is 0 Å². The summed E-state index contributed by atoms with van der Waals surface area (Å²) in [5.74, 6) is 0.997. The molecule has 0 bridgehead atoms. The normalized spacial score (nSPS) is 12.6. The quantitative estimate of drug-likeness (QED) is 0.878. The highest BCUT2D eigenvalue weighted by molar-refractivity contribution is 9.10. The molecular formula is C12H14BrN3O2. The zero-order valence-corrected chi connectivity index (χ0v) is 11.8. The van der Waals surface area contributed by atoms with Gasteiger partial charge in [0, 0.05) is 22.3 Å². The Hall–Kier alpha value is -1.40. The third kappa shape index (κ3) is 2.70. The van der Waals surface area contributed by atoms with Gasteiger partial charge in [0.2, 0.25) is 5.82 Å². The Morgan fingerprint density at radius 1 is 1.50 bits per heavy atom. The molecule has 0 radical (unpaired) electrons. The molecule has 2 aromatic rings. The van der Waals surface area contributed by atoms with Crippen LogP contribution >= 0.6 is 15.9 Å². The monoisotopic (exact) mass is 311 g/mol. The molecule has 0 spiro atoms. The predicted molar refractivity (Wildman–Crippen MR) is 71.9 cm³/mol. The van der Waals surface area contributed by atoms with Crippen LogP contribution in [0.15, 0.2) is 27.2 Å². The van der Waals surface area contributed by atoms with Gasteiger partial charge < -0.3 is 15.0 Å². The fourth-order valence-electron chi connectivity index (χ4n) is 1.50. The molecular weight excluding hydrogens is 298 g/mol. The van der Waals surface area contributed by atoms with Gasteiger partial charge in [-0.3, -0.25) is 0 Å². The summed E-state index contributed by atoms with van der Waals surface area (Å²) in [6, 6.07) is 5.47. The second-order valence-corrected chi connectivity index (χ2v) is 4.65. The molecule has 0 aliphatic heterocycles. The Morgan fingerprint density at radius 3 is 2.94 bits per heavy atom. The molecule has 0 fully saturated rings. The maximum atomic E-state index is 5.73. The van der Waals surface area contributed by atoms with E-state index in [1.165, 1.54) is 0 Å². The number of aromatic nitrogens is 2. The van der Waals surface area contributed by atoms with Crippen molar-refractivity contribution in [3.05, 3.63) is 28.5 Å². The van der Waals surface area contributed by atoms with Crippen LogP contribution in [-0.2, 0) is 4.74 Å². The first kappa shape index (κ1) is 13.0. The van der Waals surface area contributed by atoms with Crippen LogP contribution < -0.4 is 5.73 Å². The standard InChI is InChI=1S/C12H14BrN3O2/c1-3-17-7(2)11-15-12(18-16-11)8-4-5-10(14)9(13)6-8/h4-7H,3,14H2,1-2H3. The SMILES string of the molecule is CCOC(C)c1noc(-c2ccc(N)c(Br)c2)n1. The molecule has 2 N–H and O–H groups in total. The molecule has 6 heteroatoms. The van der Waals surface area contributed by atoms with Gasteiger partial charge >= 0.3 is 0 Å². The number of halogens is 1.